The Morgan fingerprint density at radius 3 is 2.61 bits per heavy atom. The van der Waals surface area contributed by atoms with Gasteiger partial charge in [0.15, 0.2) is 0 Å². The second-order valence-corrected chi connectivity index (χ2v) is 5.85. The molecule has 0 heterocycles. The number of nitrogens with one attached hydrogen (secondary N) is 1. The molecule has 2 nitrogen and oxygen atoms in total. The molecule has 0 spiro atoms. The van der Waals surface area contributed by atoms with E-state index in [-0.39, 0.29) is 11.6 Å². The molecule has 100 valence electrons. The lowest BCUT2D eigenvalue weighted by molar-refractivity contribution is -0.0706. The fourth-order valence-corrected chi connectivity index (χ4v) is 2.90. The normalized spacial score (nSPS) is 19.3. The SMILES string of the molecule is COC1(CNC(C)c2ccc(Cl)cc2Cl)CCC1. The summed E-state index contributed by atoms with van der Waals surface area (Å²) in [7, 11) is 1.79. The highest BCUT2D eigenvalue weighted by Crippen LogP contribution is 2.35. The number of methoxy groups -OCH3 is 1. The number of halogens is 2. The van der Waals surface area contributed by atoms with E-state index in [0.717, 1.165) is 24.9 Å². The van der Waals surface area contributed by atoms with Crippen molar-refractivity contribution >= 4 is 23.2 Å². The molecular formula is C14H19Cl2NO. The van der Waals surface area contributed by atoms with Crippen LogP contribution in [0.4, 0.5) is 0 Å². The molecule has 1 N–H and O–H groups in total. The maximum Gasteiger partial charge on any atom is 0.0802 e. The highest BCUT2D eigenvalue weighted by atomic mass is 35.5. The summed E-state index contributed by atoms with van der Waals surface area (Å²) < 4.78 is 5.59. The molecule has 1 aromatic carbocycles. The molecule has 0 saturated heterocycles. The number of ether oxygens (including phenoxy) is 1. The first-order chi connectivity index (χ1) is 8.56. The number of benzene rings is 1. The Morgan fingerprint density at radius 2 is 2.11 bits per heavy atom. The van der Waals surface area contributed by atoms with Crippen molar-refractivity contribution in [2.24, 2.45) is 0 Å². The highest BCUT2D eigenvalue weighted by molar-refractivity contribution is 6.35. The Kier molecular flexibility index (Phi) is 4.54. The molecule has 0 aromatic heterocycles. The van der Waals surface area contributed by atoms with Gasteiger partial charge in [0.25, 0.3) is 0 Å². The predicted molar refractivity (Wildman–Crippen MR) is 76.5 cm³/mol. The maximum absolute atomic E-state index is 6.20. The minimum atomic E-state index is 0.0349. The summed E-state index contributed by atoms with van der Waals surface area (Å²) in [5.41, 5.74) is 1.11. The van der Waals surface area contributed by atoms with Gasteiger partial charge in [0.1, 0.15) is 0 Å². The van der Waals surface area contributed by atoms with E-state index in [1.807, 2.05) is 12.1 Å². The monoisotopic (exact) mass is 287 g/mol. The molecule has 1 aliphatic rings. The summed E-state index contributed by atoms with van der Waals surface area (Å²) in [6.07, 6.45) is 3.53. The van der Waals surface area contributed by atoms with Crippen LogP contribution in [0.1, 0.15) is 37.8 Å². The maximum atomic E-state index is 6.20. The Balaban J connectivity index is 1.97. The largest absolute Gasteiger partial charge is 0.377 e. The van der Waals surface area contributed by atoms with Gasteiger partial charge in [-0.1, -0.05) is 29.3 Å². The summed E-state index contributed by atoms with van der Waals surface area (Å²) in [6.45, 7) is 2.97. The van der Waals surface area contributed by atoms with Crippen LogP contribution in [-0.2, 0) is 4.74 Å². The Morgan fingerprint density at radius 1 is 1.39 bits per heavy atom. The van der Waals surface area contributed by atoms with E-state index in [9.17, 15) is 0 Å². The van der Waals surface area contributed by atoms with E-state index in [1.54, 1.807) is 13.2 Å². The highest BCUT2D eigenvalue weighted by Gasteiger charge is 2.36. The fraction of sp³-hybridized carbons (Fsp3) is 0.571. The van der Waals surface area contributed by atoms with Crippen molar-refractivity contribution in [2.45, 2.75) is 37.8 Å². The molecule has 4 heteroatoms. The third-order valence-electron chi connectivity index (χ3n) is 3.86. The third-order valence-corrected chi connectivity index (χ3v) is 4.42. The van der Waals surface area contributed by atoms with Gasteiger partial charge in [-0.2, -0.15) is 0 Å². The van der Waals surface area contributed by atoms with Gasteiger partial charge in [0.2, 0.25) is 0 Å². The number of hydrogen-bond acceptors (Lipinski definition) is 2. The first kappa shape index (κ1) is 14.1. The van der Waals surface area contributed by atoms with E-state index in [1.165, 1.54) is 6.42 Å². The van der Waals surface area contributed by atoms with Gasteiger partial charge in [-0.25, -0.2) is 0 Å². The first-order valence-electron chi connectivity index (χ1n) is 6.30. The molecule has 2 rings (SSSR count). The van der Waals surface area contributed by atoms with Gasteiger partial charge in [0, 0.05) is 29.7 Å². The minimum Gasteiger partial charge on any atom is -0.377 e. The lowest BCUT2D eigenvalue weighted by Crippen LogP contribution is -2.48. The van der Waals surface area contributed by atoms with Crippen LogP contribution in [0.2, 0.25) is 10.0 Å². The van der Waals surface area contributed by atoms with Gasteiger partial charge in [0.05, 0.1) is 5.60 Å². The van der Waals surface area contributed by atoms with Crippen LogP contribution in [0, 0.1) is 0 Å². The van der Waals surface area contributed by atoms with Crippen LogP contribution < -0.4 is 5.32 Å². The lowest BCUT2D eigenvalue weighted by Gasteiger charge is -2.41. The zero-order valence-electron chi connectivity index (χ0n) is 10.8. The van der Waals surface area contributed by atoms with Crippen molar-refractivity contribution < 1.29 is 4.74 Å². The van der Waals surface area contributed by atoms with Gasteiger partial charge >= 0.3 is 0 Å². The standard InChI is InChI=1S/C14H19Cl2NO/c1-10(12-5-4-11(15)8-13(12)16)17-9-14(18-2)6-3-7-14/h4-5,8,10,17H,3,6-7,9H2,1-2H3. The van der Waals surface area contributed by atoms with Crippen LogP contribution in [-0.4, -0.2) is 19.3 Å². The second-order valence-electron chi connectivity index (χ2n) is 5.01. The topological polar surface area (TPSA) is 21.3 Å². The molecule has 0 radical (unpaired) electrons. The van der Waals surface area contributed by atoms with E-state index >= 15 is 0 Å². The van der Waals surface area contributed by atoms with Gasteiger partial charge in [-0.15, -0.1) is 0 Å². The molecule has 0 aliphatic heterocycles. The minimum absolute atomic E-state index is 0.0349. The molecule has 1 saturated carbocycles. The molecule has 0 amide bonds. The summed E-state index contributed by atoms with van der Waals surface area (Å²) in [6, 6.07) is 5.83. The van der Waals surface area contributed by atoms with E-state index in [4.69, 9.17) is 27.9 Å². The summed E-state index contributed by atoms with van der Waals surface area (Å²) in [5.74, 6) is 0. The quantitative estimate of drug-likeness (QED) is 0.876. The van der Waals surface area contributed by atoms with E-state index in [2.05, 4.69) is 12.2 Å². The second kappa shape index (κ2) is 5.79. The van der Waals surface area contributed by atoms with Crippen LogP contribution in [0.5, 0.6) is 0 Å². The average Bonchev–Trinajstić information content (AvgIpc) is 2.27. The predicted octanol–water partition coefficient (Wildman–Crippen LogP) is 4.21. The molecule has 0 bridgehead atoms. The molecule has 1 fully saturated rings. The van der Waals surface area contributed by atoms with Crippen molar-refractivity contribution in [1.82, 2.24) is 5.32 Å². The van der Waals surface area contributed by atoms with Crippen LogP contribution in [0.3, 0.4) is 0 Å². The number of rotatable bonds is 5. The molecular weight excluding hydrogens is 269 g/mol. The fourth-order valence-electron chi connectivity index (χ4n) is 2.33. The molecule has 1 aromatic rings. The zero-order chi connectivity index (χ0) is 13.2. The number of hydrogen-bond donors (Lipinski definition) is 1. The Bertz CT molecular complexity index is 413. The van der Waals surface area contributed by atoms with E-state index in [0.29, 0.717) is 10.0 Å². The lowest BCUT2D eigenvalue weighted by atomic mass is 9.80. The van der Waals surface area contributed by atoms with Crippen LogP contribution in [0.15, 0.2) is 18.2 Å². The van der Waals surface area contributed by atoms with Crippen molar-refractivity contribution in [3.63, 3.8) is 0 Å². The average molecular weight is 288 g/mol. The van der Waals surface area contributed by atoms with Crippen molar-refractivity contribution in [3.05, 3.63) is 33.8 Å². The molecule has 18 heavy (non-hydrogen) atoms. The van der Waals surface area contributed by atoms with Crippen LogP contribution >= 0.6 is 23.2 Å². The van der Waals surface area contributed by atoms with Crippen molar-refractivity contribution in [1.29, 1.82) is 0 Å². The summed E-state index contributed by atoms with van der Waals surface area (Å²) >= 11 is 12.1. The van der Waals surface area contributed by atoms with Crippen molar-refractivity contribution in [3.8, 4) is 0 Å². The van der Waals surface area contributed by atoms with Gasteiger partial charge in [-0.05, 0) is 43.9 Å². The van der Waals surface area contributed by atoms with Crippen LogP contribution in [0.25, 0.3) is 0 Å². The van der Waals surface area contributed by atoms with Crippen molar-refractivity contribution in [2.75, 3.05) is 13.7 Å². The summed E-state index contributed by atoms with van der Waals surface area (Å²) in [5, 5.41) is 4.88. The Labute approximate surface area is 119 Å². The molecule has 1 atom stereocenters. The summed E-state index contributed by atoms with van der Waals surface area (Å²) in [4.78, 5) is 0. The molecule has 1 unspecified atom stereocenters. The van der Waals surface area contributed by atoms with E-state index < -0.39 is 0 Å². The Hall–Kier alpha value is -0.280. The zero-order valence-corrected chi connectivity index (χ0v) is 12.3. The van der Waals surface area contributed by atoms with Gasteiger partial charge in [-0.3, -0.25) is 0 Å². The first-order valence-corrected chi connectivity index (χ1v) is 7.05. The third kappa shape index (κ3) is 3.00. The molecule has 1 aliphatic carbocycles. The van der Waals surface area contributed by atoms with Gasteiger partial charge < -0.3 is 10.1 Å². The smallest absolute Gasteiger partial charge is 0.0802 e.